The molecule has 0 aliphatic carbocycles. The Hall–Kier alpha value is -1.60. The lowest BCUT2D eigenvalue weighted by atomic mass is 10.2. The summed E-state index contributed by atoms with van der Waals surface area (Å²) < 4.78 is 0. The van der Waals surface area contributed by atoms with Crippen LogP contribution in [-0.2, 0) is 0 Å². The van der Waals surface area contributed by atoms with Gasteiger partial charge in [-0.2, -0.15) is 0 Å². The molecule has 0 fully saturated rings. The average molecular weight is 270 g/mol. The Bertz CT molecular complexity index is 451. The molecule has 0 saturated carbocycles. The van der Waals surface area contributed by atoms with Crippen molar-refractivity contribution in [1.82, 2.24) is 5.32 Å². The second-order valence-corrected chi connectivity index (χ2v) is 4.58. The van der Waals surface area contributed by atoms with E-state index in [0.717, 1.165) is 0 Å². The summed E-state index contributed by atoms with van der Waals surface area (Å²) in [4.78, 5) is 22.3. The Morgan fingerprint density at radius 3 is 2.83 bits per heavy atom. The molecule has 0 spiro atoms. The summed E-state index contributed by atoms with van der Waals surface area (Å²) in [6.07, 6.45) is 0.568. The topological polar surface area (TPSA) is 92.5 Å². The van der Waals surface area contributed by atoms with Crippen LogP contribution in [0.4, 0.5) is 5.69 Å². The number of nitro benzene ring substituents is 1. The lowest BCUT2D eigenvalue weighted by Crippen LogP contribution is -2.17. The van der Waals surface area contributed by atoms with Crippen LogP contribution in [0.3, 0.4) is 0 Å². The van der Waals surface area contributed by atoms with Crippen LogP contribution < -0.4 is 5.32 Å². The van der Waals surface area contributed by atoms with Crippen LogP contribution in [0.1, 0.15) is 16.8 Å². The van der Waals surface area contributed by atoms with Gasteiger partial charge in [0.15, 0.2) is 0 Å². The zero-order valence-corrected chi connectivity index (χ0v) is 10.7. The van der Waals surface area contributed by atoms with Crippen LogP contribution in [0.2, 0.25) is 0 Å². The Kier molecular flexibility index (Phi) is 5.60. The molecule has 0 radical (unpaired) electrons. The minimum Gasteiger partial charge on any atom is -0.396 e. The number of aliphatic hydroxyl groups is 1. The molecule has 0 unspecified atom stereocenters. The molecule has 0 heterocycles. The summed E-state index contributed by atoms with van der Waals surface area (Å²) in [5.74, 6) is 0.237. The van der Waals surface area contributed by atoms with Gasteiger partial charge in [-0.05, 0) is 18.6 Å². The summed E-state index contributed by atoms with van der Waals surface area (Å²) in [5.41, 5.74) is 0.176. The molecule has 6 nitrogen and oxygen atoms in total. The number of nitrogens with one attached hydrogen (secondary N) is 1. The third-order valence-electron chi connectivity index (χ3n) is 2.20. The van der Waals surface area contributed by atoms with Gasteiger partial charge in [-0.3, -0.25) is 14.9 Å². The van der Waals surface area contributed by atoms with Crippen molar-refractivity contribution in [3.8, 4) is 0 Å². The van der Waals surface area contributed by atoms with E-state index in [1.807, 2.05) is 0 Å². The molecule has 1 rings (SSSR count). The monoisotopic (exact) mass is 270 g/mol. The maximum absolute atomic E-state index is 11.4. The Morgan fingerprint density at radius 1 is 1.56 bits per heavy atom. The number of hydrogen-bond donors (Lipinski definition) is 2. The predicted molar refractivity (Wildman–Crippen MR) is 68.9 cm³/mol. The van der Waals surface area contributed by atoms with Crippen LogP contribution in [0.25, 0.3) is 0 Å². The quantitative estimate of drug-likeness (QED) is 0.353. The Balaban J connectivity index is 2.97. The number of hydrogen-bond acceptors (Lipinski definition) is 5. The number of thioether (sulfide) groups is 1. The van der Waals surface area contributed by atoms with Gasteiger partial charge < -0.3 is 10.4 Å². The Labute approximate surface area is 109 Å². The van der Waals surface area contributed by atoms with Crippen LogP contribution in [0.5, 0.6) is 0 Å². The highest BCUT2D eigenvalue weighted by Gasteiger charge is 2.17. The van der Waals surface area contributed by atoms with Gasteiger partial charge in [0.05, 0.1) is 9.82 Å². The van der Waals surface area contributed by atoms with Crippen LogP contribution in [0, 0.1) is 10.1 Å². The van der Waals surface area contributed by atoms with E-state index in [9.17, 15) is 14.9 Å². The summed E-state index contributed by atoms with van der Waals surface area (Å²) in [6, 6.07) is 4.37. The van der Waals surface area contributed by atoms with Gasteiger partial charge in [0.2, 0.25) is 0 Å². The molecule has 0 saturated heterocycles. The van der Waals surface area contributed by atoms with Gasteiger partial charge in [0.25, 0.3) is 11.6 Å². The van der Waals surface area contributed by atoms with E-state index in [1.54, 1.807) is 12.1 Å². The first-order valence-corrected chi connectivity index (χ1v) is 6.33. The SMILES string of the molecule is CNC(=O)c1ccc(SCCCO)c([N+](=O)[O-])c1. The summed E-state index contributed by atoms with van der Waals surface area (Å²) in [6.45, 7) is 0.0527. The summed E-state index contributed by atoms with van der Waals surface area (Å²) >= 11 is 1.29. The molecule has 7 heteroatoms. The minimum atomic E-state index is -0.506. The van der Waals surface area contributed by atoms with Gasteiger partial charge in [-0.15, -0.1) is 11.8 Å². The van der Waals surface area contributed by atoms with Gasteiger partial charge >= 0.3 is 0 Å². The van der Waals surface area contributed by atoms with Crippen molar-refractivity contribution in [2.75, 3.05) is 19.4 Å². The lowest BCUT2D eigenvalue weighted by Gasteiger charge is -2.04. The maximum atomic E-state index is 11.4. The first kappa shape index (κ1) is 14.5. The van der Waals surface area contributed by atoms with E-state index in [4.69, 9.17) is 5.11 Å². The molecule has 2 N–H and O–H groups in total. The normalized spacial score (nSPS) is 10.1. The molecule has 1 aromatic carbocycles. The van der Waals surface area contributed by atoms with Crippen LogP contribution >= 0.6 is 11.8 Å². The number of rotatable bonds is 6. The van der Waals surface area contributed by atoms with E-state index in [1.165, 1.54) is 24.9 Å². The Morgan fingerprint density at radius 2 is 2.28 bits per heavy atom. The second kappa shape index (κ2) is 6.97. The molecular formula is C11H14N2O4S. The number of nitrogens with zero attached hydrogens (tertiary/aromatic N) is 1. The largest absolute Gasteiger partial charge is 0.396 e. The number of carbonyl (C=O) groups is 1. The van der Waals surface area contributed by atoms with E-state index < -0.39 is 4.92 Å². The van der Waals surface area contributed by atoms with Crippen molar-refractivity contribution in [2.45, 2.75) is 11.3 Å². The molecule has 0 aromatic heterocycles. The number of carbonyl (C=O) groups excluding carboxylic acids is 1. The zero-order chi connectivity index (χ0) is 13.5. The predicted octanol–water partition coefficient (Wildman–Crippen LogP) is 1.43. The third kappa shape index (κ3) is 3.71. The van der Waals surface area contributed by atoms with Gasteiger partial charge in [-0.1, -0.05) is 0 Å². The lowest BCUT2D eigenvalue weighted by molar-refractivity contribution is -0.387. The highest BCUT2D eigenvalue weighted by atomic mass is 32.2. The van der Waals surface area contributed by atoms with Gasteiger partial charge in [-0.25, -0.2) is 0 Å². The second-order valence-electron chi connectivity index (χ2n) is 3.44. The summed E-state index contributed by atoms with van der Waals surface area (Å²) in [5, 5.41) is 22.0. The number of aliphatic hydroxyl groups excluding tert-OH is 1. The van der Waals surface area contributed by atoms with Crippen LogP contribution in [0.15, 0.2) is 23.1 Å². The minimum absolute atomic E-state index is 0.0527. The molecule has 0 atom stereocenters. The number of nitro groups is 1. The highest BCUT2D eigenvalue weighted by Crippen LogP contribution is 2.30. The molecule has 0 aliphatic rings. The fourth-order valence-corrected chi connectivity index (χ4v) is 2.25. The first-order valence-electron chi connectivity index (χ1n) is 5.34. The average Bonchev–Trinajstić information content (AvgIpc) is 2.38. The molecule has 98 valence electrons. The summed E-state index contributed by atoms with van der Waals surface area (Å²) in [7, 11) is 1.47. The molecule has 0 aliphatic heterocycles. The van der Waals surface area contributed by atoms with Crippen molar-refractivity contribution in [2.24, 2.45) is 0 Å². The first-order chi connectivity index (χ1) is 8.60. The van der Waals surface area contributed by atoms with Crippen molar-refractivity contribution in [3.05, 3.63) is 33.9 Å². The number of benzene rings is 1. The van der Waals surface area contributed by atoms with E-state index >= 15 is 0 Å². The van der Waals surface area contributed by atoms with E-state index in [-0.39, 0.29) is 23.8 Å². The number of amides is 1. The third-order valence-corrected chi connectivity index (χ3v) is 3.35. The van der Waals surface area contributed by atoms with Crippen LogP contribution in [-0.4, -0.2) is 35.3 Å². The molecule has 1 aromatic rings. The van der Waals surface area contributed by atoms with Gasteiger partial charge in [0.1, 0.15) is 0 Å². The smallest absolute Gasteiger partial charge is 0.283 e. The van der Waals surface area contributed by atoms with E-state index in [2.05, 4.69) is 5.32 Å². The fourth-order valence-electron chi connectivity index (χ4n) is 1.31. The van der Waals surface area contributed by atoms with Gasteiger partial charge in [0, 0.05) is 31.0 Å². The molecular weight excluding hydrogens is 256 g/mol. The van der Waals surface area contributed by atoms with Crippen molar-refractivity contribution < 1.29 is 14.8 Å². The highest BCUT2D eigenvalue weighted by molar-refractivity contribution is 7.99. The standard InChI is InChI=1S/C11H14N2O4S/c1-12-11(15)8-3-4-10(18-6-2-5-14)9(7-8)13(16)17/h3-4,7,14H,2,5-6H2,1H3,(H,12,15). The zero-order valence-electron chi connectivity index (χ0n) is 9.88. The molecule has 18 heavy (non-hydrogen) atoms. The fraction of sp³-hybridized carbons (Fsp3) is 0.364. The maximum Gasteiger partial charge on any atom is 0.283 e. The van der Waals surface area contributed by atoms with Crippen molar-refractivity contribution in [1.29, 1.82) is 0 Å². The van der Waals surface area contributed by atoms with Crippen molar-refractivity contribution in [3.63, 3.8) is 0 Å². The molecule has 1 amide bonds. The van der Waals surface area contributed by atoms with Crippen molar-refractivity contribution >= 4 is 23.4 Å². The molecule has 0 bridgehead atoms. The van der Waals surface area contributed by atoms with E-state index in [0.29, 0.717) is 17.1 Å².